The number of hydrogen-bond acceptors (Lipinski definition) is 3. The second kappa shape index (κ2) is 6.05. The van der Waals surface area contributed by atoms with Gasteiger partial charge in [0.15, 0.2) is 0 Å². The molecule has 4 nitrogen and oxygen atoms in total. The summed E-state index contributed by atoms with van der Waals surface area (Å²) in [5, 5.41) is 0. The summed E-state index contributed by atoms with van der Waals surface area (Å²) in [6.07, 6.45) is 0.443. The van der Waals surface area contributed by atoms with Gasteiger partial charge >= 0.3 is 5.97 Å². The Kier molecular flexibility index (Phi) is 4.62. The third-order valence-corrected chi connectivity index (χ3v) is 3.93. The molecule has 1 unspecified atom stereocenters. The average Bonchev–Trinajstić information content (AvgIpc) is 2.68. The topological polar surface area (TPSA) is 46.6 Å². The molecule has 19 heavy (non-hydrogen) atoms. The Labute approximate surface area is 128 Å². The molecule has 1 aromatic carbocycles. The summed E-state index contributed by atoms with van der Waals surface area (Å²) in [6, 6.07) is 5.26. The standard InChI is InChI=1S/C13H13Br2NO3/c1-2-19-13(18)10-5-8(14)3-4-11(10)16-7-9(15)6-12(16)17/h3-5,9H,2,6-7H2,1H3. The second-order valence-corrected chi connectivity index (χ2v) is 6.40. The van der Waals surface area contributed by atoms with E-state index in [0.29, 0.717) is 30.8 Å². The Morgan fingerprint density at radius 3 is 2.84 bits per heavy atom. The van der Waals surface area contributed by atoms with Crippen molar-refractivity contribution < 1.29 is 14.3 Å². The Balaban J connectivity index is 2.39. The van der Waals surface area contributed by atoms with E-state index in [4.69, 9.17) is 4.74 Å². The van der Waals surface area contributed by atoms with Crippen LogP contribution in [-0.2, 0) is 9.53 Å². The molecule has 0 aromatic heterocycles. The third-order valence-electron chi connectivity index (χ3n) is 2.82. The molecule has 0 bridgehead atoms. The predicted molar refractivity (Wildman–Crippen MR) is 79.8 cm³/mol. The molecule has 0 aliphatic carbocycles. The Morgan fingerprint density at radius 2 is 2.26 bits per heavy atom. The van der Waals surface area contributed by atoms with Crippen LogP contribution in [0.1, 0.15) is 23.7 Å². The first-order chi connectivity index (χ1) is 9.02. The van der Waals surface area contributed by atoms with E-state index in [1.807, 2.05) is 6.07 Å². The number of nitrogens with zero attached hydrogens (tertiary/aromatic N) is 1. The number of esters is 1. The molecule has 1 fully saturated rings. The minimum Gasteiger partial charge on any atom is -0.462 e. The van der Waals surface area contributed by atoms with Crippen molar-refractivity contribution in [2.24, 2.45) is 0 Å². The van der Waals surface area contributed by atoms with Crippen molar-refractivity contribution >= 4 is 49.4 Å². The van der Waals surface area contributed by atoms with E-state index in [0.717, 1.165) is 4.47 Å². The van der Waals surface area contributed by atoms with Crippen LogP contribution in [-0.4, -0.2) is 29.9 Å². The number of benzene rings is 1. The molecule has 1 saturated heterocycles. The van der Waals surface area contributed by atoms with Crippen molar-refractivity contribution in [3.63, 3.8) is 0 Å². The summed E-state index contributed by atoms with van der Waals surface area (Å²) in [7, 11) is 0. The number of amides is 1. The minimum atomic E-state index is -0.412. The molecular weight excluding hydrogens is 378 g/mol. The lowest BCUT2D eigenvalue weighted by Crippen LogP contribution is -2.27. The van der Waals surface area contributed by atoms with Crippen molar-refractivity contribution in [1.29, 1.82) is 0 Å². The number of ether oxygens (including phenoxy) is 1. The first-order valence-corrected chi connectivity index (χ1v) is 7.65. The number of hydrogen-bond donors (Lipinski definition) is 0. The zero-order valence-electron chi connectivity index (χ0n) is 10.4. The number of alkyl halides is 1. The summed E-state index contributed by atoms with van der Waals surface area (Å²) >= 11 is 6.77. The van der Waals surface area contributed by atoms with Crippen molar-refractivity contribution in [2.75, 3.05) is 18.1 Å². The van der Waals surface area contributed by atoms with Crippen molar-refractivity contribution in [2.45, 2.75) is 18.2 Å². The fourth-order valence-corrected chi connectivity index (χ4v) is 2.94. The largest absolute Gasteiger partial charge is 0.462 e. The van der Waals surface area contributed by atoms with Crippen LogP contribution in [0, 0.1) is 0 Å². The minimum absolute atomic E-state index is 0.00902. The van der Waals surface area contributed by atoms with Gasteiger partial charge in [-0.2, -0.15) is 0 Å². The van der Waals surface area contributed by atoms with Crippen LogP contribution in [0.15, 0.2) is 22.7 Å². The highest BCUT2D eigenvalue weighted by Gasteiger charge is 2.31. The summed E-state index contributed by atoms with van der Waals surface area (Å²) in [4.78, 5) is 25.7. The molecule has 1 aromatic rings. The highest BCUT2D eigenvalue weighted by Crippen LogP contribution is 2.30. The van der Waals surface area contributed by atoms with Gasteiger partial charge in [-0.15, -0.1) is 0 Å². The fourth-order valence-electron chi connectivity index (χ4n) is 2.01. The monoisotopic (exact) mass is 389 g/mol. The number of rotatable bonds is 3. The molecular formula is C13H13Br2NO3. The lowest BCUT2D eigenvalue weighted by Gasteiger charge is -2.19. The molecule has 2 rings (SSSR count). The Morgan fingerprint density at radius 1 is 1.53 bits per heavy atom. The predicted octanol–water partition coefficient (Wildman–Crippen LogP) is 3.13. The average molecular weight is 391 g/mol. The third kappa shape index (κ3) is 3.17. The molecule has 6 heteroatoms. The SMILES string of the molecule is CCOC(=O)c1cc(Br)ccc1N1CC(Br)CC1=O. The van der Waals surface area contributed by atoms with E-state index in [-0.39, 0.29) is 10.7 Å². The fraction of sp³-hybridized carbons (Fsp3) is 0.385. The zero-order valence-corrected chi connectivity index (χ0v) is 13.5. The van der Waals surface area contributed by atoms with Gasteiger partial charge in [-0.1, -0.05) is 31.9 Å². The molecule has 1 aliphatic rings. The van der Waals surface area contributed by atoms with E-state index in [1.54, 1.807) is 24.0 Å². The zero-order chi connectivity index (χ0) is 14.0. The molecule has 1 aliphatic heterocycles. The normalized spacial score (nSPS) is 18.8. The van der Waals surface area contributed by atoms with Crippen LogP contribution in [0.2, 0.25) is 0 Å². The van der Waals surface area contributed by atoms with Gasteiger partial charge in [0.05, 0.1) is 17.9 Å². The van der Waals surface area contributed by atoms with Crippen LogP contribution in [0.5, 0.6) is 0 Å². The highest BCUT2D eigenvalue weighted by atomic mass is 79.9. The van der Waals surface area contributed by atoms with E-state index in [1.165, 1.54) is 0 Å². The second-order valence-electron chi connectivity index (χ2n) is 4.19. The van der Waals surface area contributed by atoms with Crippen LogP contribution < -0.4 is 4.90 Å². The van der Waals surface area contributed by atoms with Gasteiger partial charge in [0.1, 0.15) is 0 Å². The van der Waals surface area contributed by atoms with Crippen LogP contribution in [0.4, 0.5) is 5.69 Å². The lowest BCUT2D eigenvalue weighted by atomic mass is 10.1. The lowest BCUT2D eigenvalue weighted by molar-refractivity contribution is -0.117. The maximum atomic E-state index is 12.0. The molecule has 0 radical (unpaired) electrons. The number of halogens is 2. The molecule has 0 saturated carbocycles. The van der Waals surface area contributed by atoms with E-state index in [2.05, 4.69) is 31.9 Å². The Bertz CT molecular complexity index is 519. The molecule has 1 amide bonds. The maximum Gasteiger partial charge on any atom is 0.340 e. The summed E-state index contributed by atoms with van der Waals surface area (Å²) in [5.74, 6) is -0.403. The van der Waals surface area contributed by atoms with Gasteiger partial charge in [-0.05, 0) is 25.1 Å². The van der Waals surface area contributed by atoms with Crippen LogP contribution >= 0.6 is 31.9 Å². The number of anilines is 1. The van der Waals surface area contributed by atoms with Gasteiger partial charge < -0.3 is 9.64 Å². The number of carbonyl (C=O) groups is 2. The van der Waals surface area contributed by atoms with Gasteiger partial charge in [-0.25, -0.2) is 4.79 Å². The summed E-state index contributed by atoms with van der Waals surface area (Å²) in [6.45, 7) is 2.62. The molecule has 0 N–H and O–H groups in total. The van der Waals surface area contributed by atoms with Crippen LogP contribution in [0.25, 0.3) is 0 Å². The van der Waals surface area contributed by atoms with E-state index < -0.39 is 5.97 Å². The highest BCUT2D eigenvalue weighted by molar-refractivity contribution is 9.10. The number of carbonyl (C=O) groups excluding carboxylic acids is 2. The van der Waals surface area contributed by atoms with Gasteiger partial charge in [-0.3, -0.25) is 4.79 Å². The van der Waals surface area contributed by atoms with Crippen molar-refractivity contribution in [1.82, 2.24) is 0 Å². The molecule has 1 heterocycles. The van der Waals surface area contributed by atoms with Gasteiger partial charge in [0.25, 0.3) is 0 Å². The van der Waals surface area contributed by atoms with E-state index >= 15 is 0 Å². The molecule has 1 atom stereocenters. The quantitative estimate of drug-likeness (QED) is 0.588. The molecule has 102 valence electrons. The molecule has 0 spiro atoms. The van der Waals surface area contributed by atoms with Crippen molar-refractivity contribution in [3.05, 3.63) is 28.2 Å². The first kappa shape index (κ1) is 14.5. The summed E-state index contributed by atoms with van der Waals surface area (Å²) < 4.78 is 5.81. The van der Waals surface area contributed by atoms with Gasteiger partial charge in [0.2, 0.25) is 5.91 Å². The van der Waals surface area contributed by atoms with Gasteiger partial charge in [0, 0.05) is 22.3 Å². The van der Waals surface area contributed by atoms with Crippen LogP contribution in [0.3, 0.4) is 0 Å². The summed E-state index contributed by atoms with van der Waals surface area (Å²) in [5.41, 5.74) is 1.01. The van der Waals surface area contributed by atoms with Crippen molar-refractivity contribution in [3.8, 4) is 0 Å². The maximum absolute atomic E-state index is 12.0. The smallest absolute Gasteiger partial charge is 0.340 e. The first-order valence-electron chi connectivity index (χ1n) is 5.94. The Hall–Kier alpha value is -0.880. The van der Waals surface area contributed by atoms with E-state index in [9.17, 15) is 9.59 Å².